The fraction of sp³-hybridized carbons (Fsp3) is 0.692. The molecule has 1 aromatic rings. The SMILES string of the molecule is CN(C)C(CN=C(N)N1CCSCC1)c1cnn(C)c1. The Hall–Kier alpha value is -1.21. The van der Waals surface area contributed by atoms with Crippen LogP contribution < -0.4 is 5.73 Å². The van der Waals surface area contributed by atoms with E-state index in [0.717, 1.165) is 24.6 Å². The number of thioether (sulfide) groups is 1. The van der Waals surface area contributed by atoms with Gasteiger partial charge in [-0.05, 0) is 14.1 Å². The minimum atomic E-state index is 0.210. The molecule has 1 saturated heterocycles. The summed E-state index contributed by atoms with van der Waals surface area (Å²) in [5.41, 5.74) is 7.28. The Bertz CT molecular complexity index is 449. The molecule has 7 heteroatoms. The van der Waals surface area contributed by atoms with Crippen LogP contribution in [-0.4, -0.2) is 70.8 Å². The van der Waals surface area contributed by atoms with Gasteiger partial charge < -0.3 is 15.5 Å². The molecule has 1 aliphatic rings. The lowest BCUT2D eigenvalue weighted by molar-refractivity contribution is 0.305. The Morgan fingerprint density at radius 3 is 2.75 bits per heavy atom. The van der Waals surface area contributed by atoms with Crippen LogP contribution in [0.15, 0.2) is 17.4 Å². The highest BCUT2D eigenvalue weighted by Gasteiger charge is 2.17. The van der Waals surface area contributed by atoms with Gasteiger partial charge in [0.1, 0.15) is 0 Å². The van der Waals surface area contributed by atoms with Crippen LogP contribution in [0.3, 0.4) is 0 Å². The molecule has 0 aliphatic carbocycles. The summed E-state index contributed by atoms with van der Waals surface area (Å²) in [5, 5.41) is 4.23. The molecule has 20 heavy (non-hydrogen) atoms. The topological polar surface area (TPSA) is 62.7 Å². The molecule has 0 amide bonds. The number of aromatic nitrogens is 2. The number of aryl methyl sites for hydroxylation is 1. The van der Waals surface area contributed by atoms with Gasteiger partial charge in [0.25, 0.3) is 0 Å². The summed E-state index contributed by atoms with van der Waals surface area (Å²) in [4.78, 5) is 8.91. The standard InChI is InChI=1S/C13H24N6S/c1-17(2)12(11-8-16-18(3)10-11)9-15-13(14)19-4-6-20-7-5-19/h8,10,12H,4-7,9H2,1-3H3,(H2,14,15). The zero-order chi connectivity index (χ0) is 14.5. The van der Waals surface area contributed by atoms with E-state index >= 15 is 0 Å². The smallest absolute Gasteiger partial charge is 0.191 e. The van der Waals surface area contributed by atoms with E-state index < -0.39 is 0 Å². The molecule has 2 N–H and O–H groups in total. The van der Waals surface area contributed by atoms with Crippen molar-refractivity contribution in [3.05, 3.63) is 18.0 Å². The highest BCUT2D eigenvalue weighted by Crippen LogP contribution is 2.18. The van der Waals surface area contributed by atoms with E-state index in [1.165, 1.54) is 5.56 Å². The van der Waals surface area contributed by atoms with Crippen LogP contribution in [0, 0.1) is 0 Å². The van der Waals surface area contributed by atoms with E-state index in [2.05, 4.69) is 34.0 Å². The molecule has 6 nitrogen and oxygen atoms in total. The Morgan fingerprint density at radius 1 is 1.50 bits per heavy atom. The van der Waals surface area contributed by atoms with Crippen molar-refractivity contribution in [3.63, 3.8) is 0 Å². The summed E-state index contributed by atoms with van der Waals surface area (Å²) in [7, 11) is 6.04. The molecule has 0 aromatic carbocycles. The molecule has 1 atom stereocenters. The van der Waals surface area contributed by atoms with Crippen molar-refractivity contribution < 1.29 is 0 Å². The number of hydrogen-bond donors (Lipinski definition) is 1. The van der Waals surface area contributed by atoms with Gasteiger partial charge in [-0.3, -0.25) is 9.67 Å². The molecular formula is C13H24N6S. The molecule has 1 aromatic heterocycles. The lowest BCUT2D eigenvalue weighted by Crippen LogP contribution is -2.43. The van der Waals surface area contributed by atoms with Gasteiger partial charge in [-0.2, -0.15) is 16.9 Å². The van der Waals surface area contributed by atoms with E-state index in [1.54, 1.807) is 0 Å². The molecular weight excluding hydrogens is 272 g/mol. The summed E-state index contributed by atoms with van der Waals surface area (Å²) in [6.45, 7) is 2.66. The molecule has 0 spiro atoms. The van der Waals surface area contributed by atoms with Gasteiger partial charge in [-0.1, -0.05) is 0 Å². The van der Waals surface area contributed by atoms with Crippen LogP contribution in [0.25, 0.3) is 0 Å². The summed E-state index contributed by atoms with van der Waals surface area (Å²) in [5.74, 6) is 2.94. The van der Waals surface area contributed by atoms with Gasteiger partial charge in [-0.25, -0.2) is 0 Å². The molecule has 112 valence electrons. The number of hydrogen-bond acceptors (Lipinski definition) is 4. The predicted molar refractivity (Wildman–Crippen MR) is 85.0 cm³/mol. The van der Waals surface area contributed by atoms with E-state index in [4.69, 9.17) is 5.73 Å². The van der Waals surface area contributed by atoms with E-state index in [0.29, 0.717) is 12.5 Å². The number of rotatable bonds is 4. The first kappa shape index (κ1) is 15.2. The van der Waals surface area contributed by atoms with Crippen molar-refractivity contribution in [1.82, 2.24) is 19.6 Å². The first-order chi connectivity index (χ1) is 9.58. The van der Waals surface area contributed by atoms with Crippen LogP contribution in [0.1, 0.15) is 11.6 Å². The number of likely N-dealkylation sites (N-methyl/N-ethyl adjacent to an activating group) is 1. The Kier molecular flexibility index (Phi) is 5.31. The lowest BCUT2D eigenvalue weighted by Gasteiger charge is -2.28. The molecule has 0 bridgehead atoms. The Labute approximate surface area is 125 Å². The summed E-state index contributed by atoms with van der Waals surface area (Å²) in [6.07, 6.45) is 3.93. The van der Waals surface area contributed by atoms with Crippen LogP contribution in [-0.2, 0) is 7.05 Å². The molecule has 1 aliphatic heterocycles. The number of guanidine groups is 1. The van der Waals surface area contributed by atoms with Crippen molar-refractivity contribution >= 4 is 17.7 Å². The first-order valence-corrected chi connectivity index (χ1v) is 8.01. The zero-order valence-corrected chi connectivity index (χ0v) is 13.3. The highest BCUT2D eigenvalue weighted by molar-refractivity contribution is 7.99. The second kappa shape index (κ2) is 6.99. The highest BCUT2D eigenvalue weighted by atomic mass is 32.2. The quantitative estimate of drug-likeness (QED) is 0.643. The van der Waals surface area contributed by atoms with Gasteiger partial charge >= 0.3 is 0 Å². The second-order valence-electron chi connectivity index (χ2n) is 5.23. The minimum Gasteiger partial charge on any atom is -0.370 e. The Balaban J connectivity index is 2.01. The van der Waals surface area contributed by atoms with Crippen molar-refractivity contribution in [3.8, 4) is 0 Å². The number of aliphatic imine (C=N–C) groups is 1. The summed E-state index contributed by atoms with van der Waals surface area (Å²) < 4.78 is 1.82. The van der Waals surface area contributed by atoms with Crippen LogP contribution in [0.2, 0.25) is 0 Å². The summed E-state index contributed by atoms with van der Waals surface area (Å²) >= 11 is 1.97. The van der Waals surface area contributed by atoms with Gasteiger partial charge in [0.05, 0.1) is 18.8 Å². The van der Waals surface area contributed by atoms with Gasteiger partial charge in [0.2, 0.25) is 0 Å². The molecule has 0 saturated carbocycles. The third-order valence-electron chi connectivity index (χ3n) is 3.49. The fourth-order valence-corrected chi connectivity index (χ4v) is 3.15. The van der Waals surface area contributed by atoms with Gasteiger partial charge in [0.15, 0.2) is 5.96 Å². The van der Waals surface area contributed by atoms with Crippen LogP contribution in [0.4, 0.5) is 0 Å². The largest absolute Gasteiger partial charge is 0.370 e. The minimum absolute atomic E-state index is 0.210. The molecule has 0 radical (unpaired) electrons. The van der Waals surface area contributed by atoms with Crippen LogP contribution in [0.5, 0.6) is 0 Å². The maximum atomic E-state index is 6.11. The average molecular weight is 296 g/mol. The normalized spacial score (nSPS) is 18.6. The maximum Gasteiger partial charge on any atom is 0.191 e. The average Bonchev–Trinajstić information content (AvgIpc) is 2.86. The van der Waals surface area contributed by atoms with Crippen molar-refractivity contribution in [2.75, 3.05) is 45.2 Å². The summed E-state index contributed by atoms with van der Waals surface area (Å²) in [6, 6.07) is 0.210. The van der Waals surface area contributed by atoms with E-state index in [-0.39, 0.29) is 6.04 Å². The zero-order valence-electron chi connectivity index (χ0n) is 12.5. The molecule has 2 heterocycles. The second-order valence-corrected chi connectivity index (χ2v) is 6.45. The van der Waals surface area contributed by atoms with E-state index in [1.807, 2.05) is 35.9 Å². The fourth-order valence-electron chi connectivity index (χ4n) is 2.25. The number of nitrogens with zero attached hydrogens (tertiary/aromatic N) is 5. The monoisotopic (exact) mass is 296 g/mol. The third kappa shape index (κ3) is 3.89. The van der Waals surface area contributed by atoms with Crippen molar-refractivity contribution in [2.45, 2.75) is 6.04 Å². The number of nitrogens with two attached hydrogens (primary N) is 1. The lowest BCUT2D eigenvalue weighted by atomic mass is 10.1. The first-order valence-electron chi connectivity index (χ1n) is 6.85. The van der Waals surface area contributed by atoms with Crippen molar-refractivity contribution in [2.24, 2.45) is 17.8 Å². The molecule has 1 unspecified atom stereocenters. The van der Waals surface area contributed by atoms with E-state index in [9.17, 15) is 0 Å². The molecule has 2 rings (SSSR count). The maximum absolute atomic E-state index is 6.11. The third-order valence-corrected chi connectivity index (χ3v) is 4.44. The van der Waals surface area contributed by atoms with Gasteiger partial charge in [-0.15, -0.1) is 0 Å². The predicted octanol–water partition coefficient (Wildman–Crippen LogP) is 0.386. The molecule has 1 fully saturated rings. The van der Waals surface area contributed by atoms with Crippen molar-refractivity contribution in [1.29, 1.82) is 0 Å². The Morgan fingerprint density at radius 2 is 2.20 bits per heavy atom. The van der Waals surface area contributed by atoms with Crippen LogP contribution >= 0.6 is 11.8 Å². The van der Waals surface area contributed by atoms with Gasteiger partial charge in [0, 0.05) is 43.4 Å².